The van der Waals surface area contributed by atoms with Crippen molar-refractivity contribution in [1.82, 2.24) is 48.0 Å². The van der Waals surface area contributed by atoms with Crippen molar-refractivity contribution in [3.8, 4) is 0 Å². The summed E-state index contributed by atoms with van der Waals surface area (Å²) in [5, 5.41) is 8.06. The van der Waals surface area contributed by atoms with Gasteiger partial charge in [-0.05, 0) is 115 Å². The van der Waals surface area contributed by atoms with Crippen LogP contribution in [0.4, 0.5) is 0 Å². The standard InChI is InChI=1S/2C8H10.C7H13NO.3C5H12.2C4H10.C3H8O.2C2H6.4CH5N.11CH2O.7H3N/c2*1-2-8-6-4-3-5-7-8;1-7(9)8-5-3-2-4-6-8;3*1-4-5(2)3;2*1-4(2)3;1-3(2)4;17*1-2;;;;;;;/h2*3-7H,2H2,1H3;2-6H2,1H3;3*5H,4H2,1-3H3;2*4H,1-3H3;3-4H,1-2H3;2*1-2H3;4*2H2,1H3;11*1H2;7*1H3. The zero-order valence-corrected chi connectivity index (χ0v) is 66.6. The molecule has 1 amide bonds. The molecular formula is C68H172N12O13. The average molecular weight is 1370 g/mol. The van der Waals surface area contributed by atoms with Crippen LogP contribution in [0.5, 0.6) is 0 Å². The van der Waals surface area contributed by atoms with Gasteiger partial charge in [-0.25, -0.2) is 0 Å². The number of hydrogen-bond donors (Lipinski definition) is 12. The summed E-state index contributed by atoms with van der Waals surface area (Å²) in [4.78, 5) is 101. The smallest absolute Gasteiger partial charge is 0.219 e. The molecule has 25 nitrogen and oxygen atoms in total. The number of carbonyl (C=O) groups excluding carboxylic acids is 12. The number of aliphatic hydroxyl groups excluding tert-OH is 1. The number of hydrogen-bond acceptors (Lipinski definition) is 24. The number of likely N-dealkylation sites (tertiary alicyclic amines) is 1. The molecule has 0 spiro atoms. The molecule has 0 bridgehead atoms. The minimum Gasteiger partial charge on any atom is -0.394 e. The number of aryl methyl sites for hydroxylation is 2. The number of benzene rings is 2. The highest BCUT2D eigenvalue weighted by atomic mass is 16.3. The Kier molecular flexibility index (Phi) is 685. The molecule has 1 heterocycles. The van der Waals surface area contributed by atoms with E-state index in [0.717, 1.165) is 55.5 Å². The second-order valence-electron chi connectivity index (χ2n) is 16.2. The largest absolute Gasteiger partial charge is 0.394 e. The lowest BCUT2D eigenvalue weighted by Gasteiger charge is -2.24. The van der Waals surface area contributed by atoms with Crippen LogP contribution in [-0.2, 0) is 70.4 Å². The van der Waals surface area contributed by atoms with Crippen molar-refractivity contribution >= 4 is 80.6 Å². The Hall–Kier alpha value is -6.20. The third-order valence-electron chi connectivity index (χ3n) is 6.75. The van der Waals surface area contributed by atoms with Gasteiger partial charge in [0.15, 0.2) is 0 Å². The van der Waals surface area contributed by atoms with E-state index in [1.165, 1.54) is 77.8 Å². The number of aliphatic hydroxyl groups is 1. The third kappa shape index (κ3) is 596. The van der Waals surface area contributed by atoms with E-state index in [1.54, 1.807) is 20.8 Å². The summed E-state index contributed by atoms with van der Waals surface area (Å²) in [6, 6.07) is 20.9. The van der Waals surface area contributed by atoms with Crippen LogP contribution in [0, 0.1) is 29.6 Å². The summed E-state index contributed by atoms with van der Waals surface area (Å²) in [5.41, 5.74) is 20.8. The molecular weight excluding hydrogens is 1190 g/mol. The van der Waals surface area contributed by atoms with E-state index in [-0.39, 0.29) is 55.1 Å². The first-order valence-electron chi connectivity index (χ1n) is 28.7. The van der Waals surface area contributed by atoms with Gasteiger partial charge in [-0.15, -0.1) is 0 Å². The summed E-state index contributed by atoms with van der Waals surface area (Å²) in [7, 11) is 6.00. The predicted molar refractivity (Wildman–Crippen MR) is 418 cm³/mol. The molecule has 0 atom stereocenters. The Morgan fingerprint density at radius 3 is 0.538 bits per heavy atom. The normalized spacial score (nSPS) is 7.06. The van der Waals surface area contributed by atoms with Gasteiger partial charge in [0.25, 0.3) is 0 Å². The maximum Gasteiger partial charge on any atom is 0.219 e. The van der Waals surface area contributed by atoms with Gasteiger partial charge in [-0.1, -0.05) is 225 Å². The van der Waals surface area contributed by atoms with E-state index in [0.29, 0.717) is 0 Å². The van der Waals surface area contributed by atoms with Crippen LogP contribution in [-0.4, -0.2) is 138 Å². The summed E-state index contributed by atoms with van der Waals surface area (Å²) >= 11 is 0. The zero-order valence-electron chi connectivity index (χ0n) is 66.6. The van der Waals surface area contributed by atoms with E-state index in [9.17, 15) is 4.79 Å². The lowest BCUT2D eigenvalue weighted by Crippen LogP contribution is -2.33. The lowest BCUT2D eigenvalue weighted by atomic mass is 10.1. The Morgan fingerprint density at radius 1 is 0.355 bits per heavy atom. The second-order valence-corrected chi connectivity index (χ2v) is 16.2. The monoisotopic (exact) mass is 1370 g/mol. The molecule has 1 fully saturated rings. The van der Waals surface area contributed by atoms with Crippen molar-refractivity contribution in [3.05, 3.63) is 71.8 Å². The minimum atomic E-state index is -0.167. The Morgan fingerprint density at radius 2 is 0.473 bits per heavy atom. The fourth-order valence-corrected chi connectivity index (χ4v) is 2.64. The van der Waals surface area contributed by atoms with E-state index in [1.807, 2.05) is 119 Å². The Labute approximate surface area is 578 Å². The molecule has 2 aromatic carbocycles. The van der Waals surface area contributed by atoms with Crippen molar-refractivity contribution in [2.45, 2.75) is 224 Å². The molecule has 0 aromatic heterocycles. The molecule has 1 aliphatic rings. The second kappa shape index (κ2) is 322. The van der Waals surface area contributed by atoms with Gasteiger partial charge in [0.2, 0.25) is 5.91 Å². The van der Waals surface area contributed by atoms with Gasteiger partial charge in [0.05, 0.1) is 0 Å². The number of nitrogens with zero attached hydrogens (tertiary/aromatic N) is 1. The fourth-order valence-electron chi connectivity index (χ4n) is 2.64. The van der Waals surface area contributed by atoms with Gasteiger partial charge in [-0.3, -0.25) is 4.79 Å². The highest BCUT2D eigenvalue weighted by Crippen LogP contribution is 2.07. The van der Waals surface area contributed by atoms with Crippen LogP contribution >= 0.6 is 0 Å². The number of amides is 1. The first kappa shape index (κ1) is 198. The quantitative estimate of drug-likeness (QED) is 0.132. The highest BCUT2D eigenvalue weighted by molar-refractivity contribution is 5.73. The molecule has 2 aromatic rings. The van der Waals surface area contributed by atoms with Crippen molar-refractivity contribution in [3.63, 3.8) is 0 Å². The fraction of sp³-hybridized carbons (Fsp3) is 0.647. The van der Waals surface area contributed by atoms with E-state index >= 15 is 0 Å². The summed E-state index contributed by atoms with van der Waals surface area (Å²) < 4.78 is 0. The van der Waals surface area contributed by atoms with Gasteiger partial charge >= 0.3 is 0 Å². The SMILES string of the molecule is C=O.C=O.C=O.C=O.C=O.C=O.C=O.C=O.C=O.C=O.C=O.CC.CC.CC(=O)N1CCCCC1.CC(C)C.CC(C)C.CC(C)O.CCC(C)C.CCC(C)C.CCC(C)C.CCc1ccccc1.CCc1ccccc1.CN.CN.CN.CN.N.N.N.N.N.N.N. The summed E-state index contributed by atoms with van der Waals surface area (Å²) in [6.07, 6.45) is 9.71. The summed E-state index contributed by atoms with van der Waals surface area (Å²) in [5.74, 6) is 4.55. The topological polar surface area (TPSA) is 577 Å². The predicted octanol–water partition coefficient (Wildman–Crippen LogP) is 14.8. The molecule has 3 rings (SSSR count). The number of rotatable bonds is 5. The molecule has 93 heavy (non-hydrogen) atoms. The van der Waals surface area contributed by atoms with Gasteiger partial charge in [0.1, 0.15) is 74.7 Å². The van der Waals surface area contributed by atoms with Crippen LogP contribution in [0.3, 0.4) is 0 Å². The lowest BCUT2D eigenvalue weighted by molar-refractivity contribution is -0.129. The molecule has 0 unspecified atom stereocenters. The van der Waals surface area contributed by atoms with Gasteiger partial charge in [0, 0.05) is 26.1 Å². The van der Waals surface area contributed by atoms with Crippen molar-refractivity contribution in [1.29, 1.82) is 0 Å². The molecule has 0 aliphatic carbocycles. The van der Waals surface area contributed by atoms with Gasteiger partial charge < -0.3 is 129 Å². The molecule has 30 N–H and O–H groups in total. The zero-order chi connectivity index (χ0) is 75.9. The van der Waals surface area contributed by atoms with Crippen molar-refractivity contribution in [2.24, 2.45) is 52.5 Å². The van der Waals surface area contributed by atoms with Crippen LogP contribution in [0.1, 0.15) is 216 Å². The molecule has 1 saturated heterocycles. The van der Waals surface area contributed by atoms with Crippen molar-refractivity contribution < 1.29 is 62.6 Å². The highest BCUT2D eigenvalue weighted by Gasteiger charge is 2.11. The molecule has 0 saturated carbocycles. The maximum absolute atomic E-state index is 10.7. The molecule has 582 valence electrons. The van der Waals surface area contributed by atoms with Crippen molar-refractivity contribution in [2.75, 3.05) is 41.3 Å². The van der Waals surface area contributed by atoms with E-state index in [2.05, 4.69) is 189 Å². The van der Waals surface area contributed by atoms with E-state index < -0.39 is 0 Å². The third-order valence-corrected chi connectivity index (χ3v) is 6.75. The van der Waals surface area contributed by atoms with Crippen LogP contribution in [0.15, 0.2) is 60.7 Å². The average Bonchev–Trinajstić information content (AvgIpc) is 3.59. The van der Waals surface area contributed by atoms with E-state index in [4.69, 9.17) is 57.8 Å². The number of nitrogens with two attached hydrogens (primary N) is 4. The first-order chi connectivity index (χ1) is 41.2. The molecule has 1 aliphatic heterocycles. The number of piperidine rings is 1. The Balaban J connectivity index is -0.0000000162. The molecule has 0 radical (unpaired) electrons. The maximum atomic E-state index is 10.7. The van der Waals surface area contributed by atoms with Gasteiger partial charge in [-0.2, -0.15) is 0 Å². The summed E-state index contributed by atoms with van der Waals surface area (Å²) in [6.45, 7) is 74.3. The van der Waals surface area contributed by atoms with Crippen LogP contribution in [0.2, 0.25) is 0 Å². The minimum absolute atomic E-state index is 0. The van der Waals surface area contributed by atoms with Crippen LogP contribution in [0.25, 0.3) is 0 Å². The first-order valence-corrected chi connectivity index (χ1v) is 28.7. The number of carbonyl (C=O) groups is 12. The molecule has 25 heteroatoms. The van der Waals surface area contributed by atoms with Crippen LogP contribution < -0.4 is 66.0 Å². The Bertz CT molecular complexity index is 1000.